The number of nitrogens with zero attached hydrogens (tertiary/aromatic N) is 1. The zero-order chi connectivity index (χ0) is 12.0. The molecule has 1 atom stereocenters. The fourth-order valence-corrected chi connectivity index (χ4v) is 2.24. The van der Waals surface area contributed by atoms with Crippen LogP contribution in [0.4, 0.5) is 0 Å². The summed E-state index contributed by atoms with van der Waals surface area (Å²) in [4.78, 5) is 11.6. The van der Waals surface area contributed by atoms with Crippen LogP contribution in [0.5, 0.6) is 0 Å². The van der Waals surface area contributed by atoms with E-state index < -0.39 is 0 Å². The first-order valence-electron chi connectivity index (χ1n) is 6.07. The second-order valence-corrected chi connectivity index (χ2v) is 5.58. The molecule has 92 valence electrons. The molecule has 1 heterocycles. The molecule has 0 spiro atoms. The maximum absolute atomic E-state index is 11.6. The molecule has 1 aromatic rings. The number of rotatable bonds is 7. The van der Waals surface area contributed by atoms with Gasteiger partial charge in [-0.05, 0) is 12.8 Å². The molecule has 0 bridgehead atoms. The fourth-order valence-electron chi connectivity index (χ4n) is 1.39. The van der Waals surface area contributed by atoms with Crippen LogP contribution in [0.3, 0.4) is 0 Å². The lowest BCUT2D eigenvalue weighted by Gasteiger charge is -2.06. The molecule has 1 rings (SSSR count). The lowest BCUT2D eigenvalue weighted by molar-refractivity contribution is 0.553. The van der Waals surface area contributed by atoms with Crippen LogP contribution >= 0.6 is 11.8 Å². The minimum Gasteiger partial charge on any atom is -0.299 e. The molecule has 0 saturated carbocycles. The summed E-state index contributed by atoms with van der Waals surface area (Å²) in [6, 6.07) is 1.73. The van der Waals surface area contributed by atoms with E-state index in [4.69, 9.17) is 0 Å². The fraction of sp³-hybridized carbons (Fsp3) is 0.750. The number of hydrogen-bond acceptors (Lipinski definition) is 2. The van der Waals surface area contributed by atoms with Crippen LogP contribution in [-0.2, 0) is 12.3 Å². The summed E-state index contributed by atoms with van der Waals surface area (Å²) >= 11 is 1.89. The summed E-state index contributed by atoms with van der Waals surface area (Å²) in [6.07, 6.45) is 3.34. The third-order valence-corrected chi connectivity index (χ3v) is 4.06. The first-order chi connectivity index (χ1) is 7.67. The van der Waals surface area contributed by atoms with Gasteiger partial charge < -0.3 is 0 Å². The van der Waals surface area contributed by atoms with Crippen LogP contribution in [0.15, 0.2) is 10.9 Å². The Morgan fingerprint density at radius 1 is 1.50 bits per heavy atom. The highest BCUT2D eigenvalue weighted by Gasteiger charge is 2.05. The molecule has 0 radical (unpaired) electrons. The number of hydrogen-bond donors (Lipinski definition) is 1. The zero-order valence-electron chi connectivity index (χ0n) is 10.5. The summed E-state index contributed by atoms with van der Waals surface area (Å²) in [6.45, 7) is 7.35. The molecule has 1 unspecified atom stereocenters. The lowest BCUT2D eigenvalue weighted by atomic mass is 10.3. The predicted octanol–water partition coefficient (Wildman–Crippen LogP) is 3.01. The van der Waals surface area contributed by atoms with Gasteiger partial charge in [0.2, 0.25) is 0 Å². The molecule has 0 aliphatic heterocycles. The Hall–Kier alpha value is -0.640. The number of thioether (sulfide) groups is 1. The van der Waals surface area contributed by atoms with Crippen LogP contribution in [0.25, 0.3) is 0 Å². The SMILES string of the molecule is CCCCn1[nH]c(CSC(C)CC)cc1=O. The lowest BCUT2D eigenvalue weighted by Crippen LogP contribution is -2.15. The number of unbranched alkanes of at least 4 members (excludes halogenated alkanes) is 1. The number of aromatic nitrogens is 2. The quantitative estimate of drug-likeness (QED) is 0.798. The second kappa shape index (κ2) is 6.84. The molecule has 16 heavy (non-hydrogen) atoms. The van der Waals surface area contributed by atoms with Gasteiger partial charge in [-0.2, -0.15) is 11.8 Å². The predicted molar refractivity (Wildman–Crippen MR) is 71.0 cm³/mol. The molecule has 0 fully saturated rings. The Morgan fingerprint density at radius 3 is 2.88 bits per heavy atom. The average Bonchev–Trinajstić information content (AvgIpc) is 2.64. The van der Waals surface area contributed by atoms with E-state index in [1.165, 1.54) is 6.42 Å². The Labute approximate surface area is 102 Å². The maximum atomic E-state index is 11.6. The molecular weight excluding hydrogens is 220 g/mol. The van der Waals surface area contributed by atoms with Gasteiger partial charge in [-0.25, -0.2) is 0 Å². The highest BCUT2D eigenvalue weighted by molar-refractivity contribution is 7.99. The third-order valence-electron chi connectivity index (χ3n) is 2.68. The van der Waals surface area contributed by atoms with E-state index >= 15 is 0 Å². The van der Waals surface area contributed by atoms with Crippen molar-refractivity contribution in [1.82, 2.24) is 9.78 Å². The van der Waals surface area contributed by atoms with Gasteiger partial charge in [-0.3, -0.25) is 14.6 Å². The number of H-pyrrole nitrogens is 1. The minimum atomic E-state index is 0.105. The summed E-state index contributed by atoms with van der Waals surface area (Å²) < 4.78 is 1.72. The standard InChI is InChI=1S/C12H22N2OS/c1-4-6-7-14-12(15)8-11(13-14)9-16-10(3)5-2/h8,10,13H,4-7,9H2,1-3H3. The molecule has 1 N–H and O–H groups in total. The van der Waals surface area contributed by atoms with E-state index in [1.54, 1.807) is 10.7 Å². The maximum Gasteiger partial charge on any atom is 0.266 e. The van der Waals surface area contributed by atoms with Gasteiger partial charge in [0.05, 0.1) is 0 Å². The Balaban J connectivity index is 2.52. The van der Waals surface area contributed by atoms with Crippen molar-refractivity contribution in [3.05, 3.63) is 22.1 Å². The molecule has 0 aliphatic carbocycles. The van der Waals surface area contributed by atoms with Crippen LogP contribution in [0, 0.1) is 0 Å². The molecule has 0 aromatic carbocycles. The molecule has 0 aliphatic rings. The number of nitrogens with one attached hydrogen (secondary N) is 1. The van der Waals surface area contributed by atoms with Gasteiger partial charge in [0.1, 0.15) is 0 Å². The average molecular weight is 242 g/mol. The van der Waals surface area contributed by atoms with Gasteiger partial charge in [-0.1, -0.05) is 27.2 Å². The van der Waals surface area contributed by atoms with Crippen LogP contribution < -0.4 is 5.56 Å². The largest absolute Gasteiger partial charge is 0.299 e. The van der Waals surface area contributed by atoms with Crippen molar-refractivity contribution in [2.24, 2.45) is 0 Å². The smallest absolute Gasteiger partial charge is 0.266 e. The zero-order valence-corrected chi connectivity index (χ0v) is 11.3. The van der Waals surface area contributed by atoms with E-state index in [9.17, 15) is 4.79 Å². The van der Waals surface area contributed by atoms with Crippen LogP contribution in [0.2, 0.25) is 0 Å². The summed E-state index contributed by atoms with van der Waals surface area (Å²) in [5.41, 5.74) is 1.15. The topological polar surface area (TPSA) is 37.8 Å². The van der Waals surface area contributed by atoms with Crippen LogP contribution in [0.1, 0.15) is 45.7 Å². The monoisotopic (exact) mass is 242 g/mol. The van der Waals surface area contributed by atoms with Crippen molar-refractivity contribution in [2.75, 3.05) is 0 Å². The molecular formula is C12H22N2OS. The normalized spacial score (nSPS) is 12.9. The van der Waals surface area contributed by atoms with Gasteiger partial charge in [-0.15, -0.1) is 0 Å². The summed E-state index contributed by atoms with van der Waals surface area (Å²) in [5.74, 6) is 0.906. The van der Waals surface area contributed by atoms with Crippen molar-refractivity contribution in [1.29, 1.82) is 0 Å². The first kappa shape index (κ1) is 13.4. The third kappa shape index (κ3) is 4.08. The van der Waals surface area contributed by atoms with Gasteiger partial charge >= 0.3 is 0 Å². The molecule has 3 nitrogen and oxygen atoms in total. The highest BCUT2D eigenvalue weighted by atomic mass is 32.2. The van der Waals surface area contributed by atoms with Crippen molar-refractivity contribution in [3.8, 4) is 0 Å². The van der Waals surface area contributed by atoms with Gasteiger partial charge in [0, 0.05) is 29.3 Å². The Morgan fingerprint density at radius 2 is 2.25 bits per heavy atom. The van der Waals surface area contributed by atoms with Crippen molar-refractivity contribution >= 4 is 11.8 Å². The van der Waals surface area contributed by atoms with E-state index in [0.717, 1.165) is 30.8 Å². The molecule has 0 amide bonds. The minimum absolute atomic E-state index is 0.105. The Kier molecular flexibility index (Phi) is 5.74. The second-order valence-electron chi connectivity index (χ2n) is 4.15. The molecule has 1 aromatic heterocycles. The molecule has 0 saturated heterocycles. The molecule has 4 heteroatoms. The number of aryl methyl sites for hydroxylation is 1. The van der Waals surface area contributed by atoms with Crippen molar-refractivity contribution < 1.29 is 0 Å². The summed E-state index contributed by atoms with van der Waals surface area (Å²) in [7, 11) is 0. The van der Waals surface area contributed by atoms with E-state index in [1.807, 2.05) is 11.8 Å². The van der Waals surface area contributed by atoms with Gasteiger partial charge in [0.15, 0.2) is 0 Å². The number of aromatic amines is 1. The highest BCUT2D eigenvalue weighted by Crippen LogP contribution is 2.17. The van der Waals surface area contributed by atoms with Gasteiger partial charge in [0.25, 0.3) is 5.56 Å². The van der Waals surface area contributed by atoms with E-state index in [0.29, 0.717) is 5.25 Å². The van der Waals surface area contributed by atoms with Crippen molar-refractivity contribution in [2.45, 2.75) is 57.6 Å². The Bertz CT molecular complexity index is 356. The van der Waals surface area contributed by atoms with Crippen molar-refractivity contribution in [3.63, 3.8) is 0 Å². The van der Waals surface area contributed by atoms with E-state index in [2.05, 4.69) is 25.9 Å². The first-order valence-corrected chi connectivity index (χ1v) is 7.12. The summed E-state index contributed by atoms with van der Waals surface area (Å²) in [5, 5.41) is 3.83. The van der Waals surface area contributed by atoms with Crippen LogP contribution in [-0.4, -0.2) is 15.0 Å². The van der Waals surface area contributed by atoms with E-state index in [-0.39, 0.29) is 5.56 Å².